The summed E-state index contributed by atoms with van der Waals surface area (Å²) in [5.41, 5.74) is 4.13. The summed E-state index contributed by atoms with van der Waals surface area (Å²) < 4.78 is 0. The number of piperidine rings is 1. The van der Waals surface area contributed by atoms with Crippen LogP contribution in [0.5, 0.6) is 0 Å². The second-order valence-electron chi connectivity index (χ2n) is 8.13. The van der Waals surface area contributed by atoms with E-state index >= 15 is 0 Å². The van der Waals surface area contributed by atoms with Crippen molar-refractivity contribution in [3.8, 4) is 0 Å². The van der Waals surface area contributed by atoms with Crippen LogP contribution < -0.4 is 10.2 Å². The molecule has 154 valence electrons. The molecule has 5 nitrogen and oxygen atoms in total. The smallest absolute Gasteiger partial charge is 0.244 e. The molecule has 0 unspecified atom stereocenters. The second kappa shape index (κ2) is 9.59. The maximum Gasteiger partial charge on any atom is 0.244 e. The highest BCUT2D eigenvalue weighted by Gasteiger charge is 2.17. The van der Waals surface area contributed by atoms with Crippen molar-refractivity contribution in [1.29, 1.82) is 0 Å². The van der Waals surface area contributed by atoms with Crippen molar-refractivity contribution in [3.63, 3.8) is 0 Å². The van der Waals surface area contributed by atoms with Gasteiger partial charge in [0.2, 0.25) is 11.8 Å². The quantitative estimate of drug-likeness (QED) is 0.799. The first-order chi connectivity index (χ1) is 13.9. The Hall–Kier alpha value is -2.82. The van der Waals surface area contributed by atoms with E-state index in [0.29, 0.717) is 6.54 Å². The van der Waals surface area contributed by atoms with Crippen LogP contribution in [0.15, 0.2) is 48.5 Å². The lowest BCUT2D eigenvalue weighted by Crippen LogP contribution is -2.36. The van der Waals surface area contributed by atoms with Gasteiger partial charge in [-0.1, -0.05) is 36.8 Å². The lowest BCUT2D eigenvalue weighted by Gasteiger charge is -2.32. The Morgan fingerprint density at radius 1 is 1.03 bits per heavy atom. The molecule has 1 saturated heterocycles. The van der Waals surface area contributed by atoms with Gasteiger partial charge in [0.25, 0.3) is 0 Å². The number of anilines is 2. The highest BCUT2D eigenvalue weighted by molar-refractivity contribution is 5.94. The van der Waals surface area contributed by atoms with Crippen molar-refractivity contribution < 1.29 is 9.59 Å². The van der Waals surface area contributed by atoms with Gasteiger partial charge in [-0.2, -0.15) is 0 Å². The summed E-state index contributed by atoms with van der Waals surface area (Å²) in [7, 11) is 0. The maximum absolute atomic E-state index is 12.5. The molecule has 1 heterocycles. The van der Waals surface area contributed by atoms with Gasteiger partial charge in [0.15, 0.2) is 0 Å². The van der Waals surface area contributed by atoms with Gasteiger partial charge >= 0.3 is 0 Å². The summed E-state index contributed by atoms with van der Waals surface area (Å²) in [4.78, 5) is 28.4. The van der Waals surface area contributed by atoms with Crippen molar-refractivity contribution in [2.24, 2.45) is 5.92 Å². The highest BCUT2D eigenvalue weighted by Crippen LogP contribution is 2.24. The molecule has 0 spiro atoms. The molecule has 29 heavy (non-hydrogen) atoms. The summed E-state index contributed by atoms with van der Waals surface area (Å²) in [5.74, 6) is 0.496. The highest BCUT2D eigenvalue weighted by atomic mass is 16.2. The lowest BCUT2D eigenvalue weighted by atomic mass is 9.99. The predicted octanol–water partition coefficient (Wildman–Crippen LogP) is 4.22. The first-order valence-electron chi connectivity index (χ1n) is 10.4. The Kier molecular flexibility index (Phi) is 6.91. The zero-order valence-corrected chi connectivity index (χ0v) is 17.6. The topological polar surface area (TPSA) is 52.7 Å². The molecule has 1 fully saturated rings. The van der Waals surface area contributed by atoms with Gasteiger partial charge in [0, 0.05) is 37.9 Å². The van der Waals surface area contributed by atoms with E-state index in [0.717, 1.165) is 30.3 Å². The number of aryl methyl sites for hydroxylation is 1. The summed E-state index contributed by atoms with van der Waals surface area (Å²) in [6.07, 6.45) is 2.45. The zero-order valence-electron chi connectivity index (χ0n) is 17.6. The number of nitrogens with zero attached hydrogens (tertiary/aromatic N) is 2. The van der Waals surface area contributed by atoms with Crippen molar-refractivity contribution in [2.75, 3.05) is 29.9 Å². The molecular formula is C24H31N3O2. The Morgan fingerprint density at radius 3 is 2.24 bits per heavy atom. The number of hydrogen-bond acceptors (Lipinski definition) is 3. The van der Waals surface area contributed by atoms with E-state index in [9.17, 15) is 9.59 Å². The van der Waals surface area contributed by atoms with Crippen LogP contribution >= 0.6 is 0 Å². The zero-order chi connectivity index (χ0) is 20.8. The fourth-order valence-corrected chi connectivity index (χ4v) is 3.59. The lowest BCUT2D eigenvalue weighted by molar-refractivity contribution is -0.133. The number of amides is 2. The molecule has 3 rings (SSSR count). The van der Waals surface area contributed by atoms with E-state index < -0.39 is 0 Å². The average molecular weight is 394 g/mol. The Morgan fingerprint density at radius 2 is 1.66 bits per heavy atom. The van der Waals surface area contributed by atoms with Crippen LogP contribution in [-0.4, -0.2) is 36.3 Å². The van der Waals surface area contributed by atoms with Crippen LogP contribution in [0, 0.1) is 12.8 Å². The van der Waals surface area contributed by atoms with E-state index in [1.165, 1.54) is 31.0 Å². The fraction of sp³-hybridized carbons (Fsp3) is 0.417. The van der Waals surface area contributed by atoms with Gasteiger partial charge in [0.1, 0.15) is 6.54 Å². The number of hydrogen-bond donors (Lipinski definition) is 1. The molecule has 0 bridgehead atoms. The van der Waals surface area contributed by atoms with E-state index in [4.69, 9.17) is 0 Å². The SMILES string of the molecule is CC(=O)N(CC(=O)Nc1ccc(N2CCC(C)CC2)cc1)Cc1ccc(C)cc1. The van der Waals surface area contributed by atoms with E-state index in [2.05, 4.69) is 29.3 Å². The van der Waals surface area contributed by atoms with Crippen LogP contribution in [0.1, 0.15) is 37.8 Å². The van der Waals surface area contributed by atoms with Crippen molar-refractivity contribution in [2.45, 2.75) is 40.2 Å². The second-order valence-corrected chi connectivity index (χ2v) is 8.13. The largest absolute Gasteiger partial charge is 0.372 e. The molecule has 2 aromatic carbocycles. The monoisotopic (exact) mass is 393 g/mol. The number of rotatable bonds is 6. The molecule has 2 aromatic rings. The van der Waals surface area contributed by atoms with E-state index in [-0.39, 0.29) is 18.4 Å². The average Bonchev–Trinajstić information content (AvgIpc) is 2.70. The molecule has 5 heteroatoms. The summed E-state index contributed by atoms with van der Waals surface area (Å²) in [5, 5.41) is 2.91. The van der Waals surface area contributed by atoms with Crippen LogP contribution in [-0.2, 0) is 16.1 Å². The normalized spacial score (nSPS) is 14.5. The van der Waals surface area contributed by atoms with Gasteiger partial charge in [-0.25, -0.2) is 0 Å². The standard InChI is InChI=1S/C24H31N3O2/c1-18-4-6-21(7-5-18)16-27(20(3)28)17-24(29)25-22-8-10-23(11-9-22)26-14-12-19(2)13-15-26/h4-11,19H,12-17H2,1-3H3,(H,25,29). The fourth-order valence-electron chi connectivity index (χ4n) is 3.59. The first-order valence-corrected chi connectivity index (χ1v) is 10.4. The third kappa shape index (κ3) is 6.08. The van der Waals surface area contributed by atoms with Crippen molar-refractivity contribution >= 4 is 23.2 Å². The minimum atomic E-state index is -0.188. The van der Waals surface area contributed by atoms with Crippen molar-refractivity contribution in [3.05, 3.63) is 59.7 Å². The number of nitrogens with one attached hydrogen (secondary N) is 1. The number of benzene rings is 2. The first kappa shape index (κ1) is 20.9. The molecule has 0 aromatic heterocycles. The third-order valence-corrected chi connectivity index (χ3v) is 5.57. The molecule has 0 aliphatic carbocycles. The van der Waals surface area contributed by atoms with E-state index in [1.807, 2.05) is 43.3 Å². The molecule has 0 atom stereocenters. The molecule has 1 aliphatic heterocycles. The molecular weight excluding hydrogens is 362 g/mol. The summed E-state index contributed by atoms with van der Waals surface area (Å²) >= 11 is 0. The predicted molar refractivity (Wildman–Crippen MR) is 118 cm³/mol. The minimum absolute atomic E-state index is 0.0367. The van der Waals surface area contributed by atoms with Gasteiger partial charge < -0.3 is 15.1 Å². The summed E-state index contributed by atoms with van der Waals surface area (Å²) in [6.45, 7) is 8.45. The number of carbonyl (C=O) groups is 2. The Balaban J connectivity index is 1.55. The third-order valence-electron chi connectivity index (χ3n) is 5.57. The van der Waals surface area contributed by atoms with Crippen LogP contribution in [0.25, 0.3) is 0 Å². The van der Waals surface area contributed by atoms with Crippen molar-refractivity contribution in [1.82, 2.24) is 4.90 Å². The molecule has 1 aliphatic rings. The molecule has 0 saturated carbocycles. The maximum atomic E-state index is 12.5. The van der Waals surface area contributed by atoms with Gasteiger partial charge in [-0.3, -0.25) is 9.59 Å². The Bertz CT molecular complexity index is 822. The van der Waals surface area contributed by atoms with Gasteiger partial charge in [0.05, 0.1) is 0 Å². The van der Waals surface area contributed by atoms with Crippen LogP contribution in [0.4, 0.5) is 11.4 Å². The number of carbonyl (C=O) groups excluding carboxylic acids is 2. The molecule has 2 amide bonds. The van der Waals surface area contributed by atoms with E-state index in [1.54, 1.807) is 4.90 Å². The molecule has 1 N–H and O–H groups in total. The van der Waals surface area contributed by atoms with Gasteiger partial charge in [-0.15, -0.1) is 0 Å². The molecule has 0 radical (unpaired) electrons. The Labute approximate surface area is 173 Å². The van der Waals surface area contributed by atoms with Crippen LogP contribution in [0.3, 0.4) is 0 Å². The van der Waals surface area contributed by atoms with Crippen LogP contribution in [0.2, 0.25) is 0 Å². The van der Waals surface area contributed by atoms with Gasteiger partial charge in [-0.05, 0) is 55.5 Å². The summed E-state index contributed by atoms with van der Waals surface area (Å²) in [6, 6.07) is 16.0. The minimum Gasteiger partial charge on any atom is -0.372 e.